The van der Waals surface area contributed by atoms with Crippen molar-refractivity contribution in [2.45, 2.75) is 43.5 Å². The first-order valence-corrected chi connectivity index (χ1v) is 9.33. The van der Waals surface area contributed by atoms with E-state index in [-0.39, 0.29) is 17.3 Å². The third-order valence-corrected chi connectivity index (χ3v) is 6.03. The summed E-state index contributed by atoms with van der Waals surface area (Å²) in [4.78, 5) is 0. The van der Waals surface area contributed by atoms with E-state index in [1.807, 2.05) is 12.1 Å². The summed E-state index contributed by atoms with van der Waals surface area (Å²) in [6.07, 6.45) is 4.06. The molecule has 0 heterocycles. The Hall–Kier alpha value is -0.390. The van der Waals surface area contributed by atoms with E-state index in [0.717, 1.165) is 23.7 Å². The fraction of sp³-hybridized carbons (Fsp3) is 0.571. The maximum absolute atomic E-state index is 11.8. The number of benzene rings is 1. The van der Waals surface area contributed by atoms with E-state index in [1.54, 1.807) is 0 Å². The molecule has 2 rings (SSSR count). The van der Waals surface area contributed by atoms with Gasteiger partial charge in [-0.05, 0) is 37.5 Å². The number of hydrogen-bond donors (Lipinski definition) is 1. The fourth-order valence-electron chi connectivity index (χ4n) is 2.80. The second kappa shape index (κ2) is 5.94. The van der Waals surface area contributed by atoms with E-state index in [2.05, 4.69) is 40.3 Å². The highest BCUT2D eigenvalue weighted by molar-refractivity contribution is 9.10. The van der Waals surface area contributed by atoms with Gasteiger partial charge in [0.15, 0.2) is 9.84 Å². The van der Waals surface area contributed by atoms with E-state index < -0.39 is 9.84 Å². The van der Waals surface area contributed by atoms with Gasteiger partial charge in [-0.1, -0.05) is 34.5 Å². The summed E-state index contributed by atoms with van der Waals surface area (Å²) in [5.74, 6) is 0. The Morgan fingerprint density at radius 2 is 1.89 bits per heavy atom. The molecule has 5 heteroatoms. The Kier molecular flexibility index (Phi) is 4.69. The highest BCUT2D eigenvalue weighted by Gasteiger charge is 2.35. The van der Waals surface area contributed by atoms with Gasteiger partial charge in [0.25, 0.3) is 0 Å². The minimum atomic E-state index is -2.96. The van der Waals surface area contributed by atoms with Crippen LogP contribution in [0.5, 0.6) is 0 Å². The molecule has 19 heavy (non-hydrogen) atoms. The molecular formula is C14H20BrNO2S. The van der Waals surface area contributed by atoms with E-state index >= 15 is 0 Å². The van der Waals surface area contributed by atoms with Crippen LogP contribution >= 0.6 is 15.9 Å². The van der Waals surface area contributed by atoms with Crippen LogP contribution in [0.2, 0.25) is 0 Å². The van der Waals surface area contributed by atoms with Crippen LogP contribution < -0.4 is 5.32 Å². The number of nitrogens with one attached hydrogen (secondary N) is 1. The van der Waals surface area contributed by atoms with Crippen LogP contribution in [0.1, 0.15) is 37.8 Å². The monoisotopic (exact) mass is 345 g/mol. The molecule has 1 aromatic rings. The van der Waals surface area contributed by atoms with Crippen molar-refractivity contribution in [3.05, 3.63) is 34.3 Å². The first kappa shape index (κ1) is 15.0. The van der Waals surface area contributed by atoms with Crippen LogP contribution in [-0.2, 0) is 9.84 Å². The maximum atomic E-state index is 11.8. The Morgan fingerprint density at radius 3 is 2.47 bits per heavy atom. The lowest BCUT2D eigenvalue weighted by Crippen LogP contribution is -2.41. The molecule has 0 bridgehead atoms. The van der Waals surface area contributed by atoms with Crippen molar-refractivity contribution in [1.29, 1.82) is 0 Å². The molecule has 1 saturated carbocycles. The summed E-state index contributed by atoms with van der Waals surface area (Å²) in [6.45, 7) is 2.08. The first-order chi connectivity index (χ1) is 8.88. The second-order valence-electron chi connectivity index (χ2n) is 5.35. The molecule has 1 fully saturated rings. The molecule has 1 N–H and O–H groups in total. The summed E-state index contributed by atoms with van der Waals surface area (Å²) in [5, 5.41) is 3.25. The lowest BCUT2D eigenvalue weighted by molar-refractivity contribution is 0.456. The van der Waals surface area contributed by atoms with Gasteiger partial charge in [0.1, 0.15) is 0 Å². The van der Waals surface area contributed by atoms with E-state index in [9.17, 15) is 8.42 Å². The number of rotatable bonds is 4. The molecule has 1 aliphatic rings. The number of sulfone groups is 1. The van der Waals surface area contributed by atoms with Gasteiger partial charge >= 0.3 is 0 Å². The Morgan fingerprint density at radius 1 is 1.26 bits per heavy atom. The highest BCUT2D eigenvalue weighted by Crippen LogP contribution is 2.27. The fourth-order valence-corrected chi connectivity index (χ4v) is 4.47. The van der Waals surface area contributed by atoms with E-state index in [1.165, 1.54) is 11.8 Å². The van der Waals surface area contributed by atoms with Crippen LogP contribution in [0.4, 0.5) is 0 Å². The predicted molar refractivity (Wildman–Crippen MR) is 82.0 cm³/mol. The topological polar surface area (TPSA) is 46.2 Å². The standard InChI is InChI=1S/C14H20BrNO2S/c1-10(11-6-8-12(15)9-7-11)16-13-4-3-5-14(13)19(2,17)18/h6-10,13-14,16H,3-5H2,1-2H3. The van der Waals surface area contributed by atoms with E-state index in [4.69, 9.17) is 0 Å². The van der Waals surface area contributed by atoms with Crippen LogP contribution in [0.3, 0.4) is 0 Å². The number of hydrogen-bond acceptors (Lipinski definition) is 3. The molecule has 1 aromatic carbocycles. The van der Waals surface area contributed by atoms with Crippen molar-refractivity contribution < 1.29 is 8.42 Å². The molecule has 0 spiro atoms. The average molecular weight is 346 g/mol. The van der Waals surface area contributed by atoms with Crippen molar-refractivity contribution in [3.63, 3.8) is 0 Å². The molecule has 0 saturated heterocycles. The molecule has 3 atom stereocenters. The number of halogens is 1. The minimum Gasteiger partial charge on any atom is -0.306 e. The maximum Gasteiger partial charge on any atom is 0.151 e. The van der Waals surface area contributed by atoms with Crippen molar-refractivity contribution in [2.24, 2.45) is 0 Å². The first-order valence-electron chi connectivity index (χ1n) is 6.58. The lowest BCUT2D eigenvalue weighted by Gasteiger charge is -2.24. The lowest BCUT2D eigenvalue weighted by atomic mass is 10.1. The summed E-state index contributed by atoms with van der Waals surface area (Å²) >= 11 is 3.42. The van der Waals surface area contributed by atoms with Gasteiger partial charge < -0.3 is 5.32 Å². The van der Waals surface area contributed by atoms with Gasteiger partial charge in [-0.15, -0.1) is 0 Å². The Bertz CT molecular complexity index is 527. The van der Waals surface area contributed by atoms with E-state index in [0.29, 0.717) is 0 Å². The molecule has 0 amide bonds. The summed E-state index contributed by atoms with van der Waals surface area (Å²) in [5.41, 5.74) is 1.18. The zero-order valence-corrected chi connectivity index (χ0v) is 13.7. The van der Waals surface area contributed by atoms with Crippen LogP contribution in [0.15, 0.2) is 28.7 Å². The molecule has 3 unspecified atom stereocenters. The Balaban J connectivity index is 2.06. The van der Waals surface area contributed by atoms with Crippen LogP contribution in [0, 0.1) is 0 Å². The normalized spacial score (nSPS) is 25.4. The molecule has 0 radical (unpaired) electrons. The third kappa shape index (κ3) is 3.80. The zero-order valence-electron chi connectivity index (χ0n) is 11.3. The molecule has 1 aliphatic carbocycles. The van der Waals surface area contributed by atoms with Crippen LogP contribution in [0.25, 0.3) is 0 Å². The molecule has 0 aromatic heterocycles. The van der Waals surface area contributed by atoms with Crippen LogP contribution in [-0.4, -0.2) is 26.0 Å². The van der Waals surface area contributed by atoms with Crippen molar-refractivity contribution >= 4 is 25.8 Å². The quantitative estimate of drug-likeness (QED) is 0.911. The predicted octanol–water partition coefficient (Wildman–Crippen LogP) is 3.07. The van der Waals surface area contributed by atoms with Gasteiger partial charge in [0.05, 0.1) is 5.25 Å². The van der Waals surface area contributed by atoms with Crippen molar-refractivity contribution in [2.75, 3.05) is 6.26 Å². The minimum absolute atomic E-state index is 0.0775. The smallest absolute Gasteiger partial charge is 0.151 e. The molecule has 3 nitrogen and oxygen atoms in total. The molecule has 0 aliphatic heterocycles. The van der Waals surface area contributed by atoms with Crippen molar-refractivity contribution in [1.82, 2.24) is 5.32 Å². The summed E-state index contributed by atoms with van der Waals surface area (Å²) in [7, 11) is -2.96. The molecular weight excluding hydrogens is 326 g/mol. The van der Waals surface area contributed by atoms with Gasteiger partial charge in [0, 0.05) is 22.8 Å². The van der Waals surface area contributed by atoms with Gasteiger partial charge in [-0.2, -0.15) is 0 Å². The largest absolute Gasteiger partial charge is 0.306 e. The summed E-state index contributed by atoms with van der Waals surface area (Å²) in [6, 6.07) is 8.39. The van der Waals surface area contributed by atoms with Crippen molar-refractivity contribution in [3.8, 4) is 0 Å². The van der Waals surface area contributed by atoms with Gasteiger partial charge in [0.2, 0.25) is 0 Å². The molecule has 106 valence electrons. The third-order valence-electron chi connectivity index (χ3n) is 3.84. The van der Waals surface area contributed by atoms with Gasteiger partial charge in [-0.25, -0.2) is 8.42 Å². The second-order valence-corrected chi connectivity index (χ2v) is 8.53. The SMILES string of the molecule is CC(NC1CCCC1S(C)(=O)=O)c1ccc(Br)cc1. The Labute approximate surface area is 123 Å². The van der Waals surface area contributed by atoms with Gasteiger partial charge in [-0.3, -0.25) is 0 Å². The summed E-state index contributed by atoms with van der Waals surface area (Å²) < 4.78 is 24.6. The highest BCUT2D eigenvalue weighted by atomic mass is 79.9. The average Bonchev–Trinajstić information content (AvgIpc) is 2.77. The zero-order chi connectivity index (χ0) is 14.0.